The number of nitrogens with two attached hydrogens (primary N) is 1. The van der Waals surface area contributed by atoms with Crippen molar-refractivity contribution < 1.29 is 14.4 Å². The summed E-state index contributed by atoms with van der Waals surface area (Å²) in [5.74, 6) is -0.858. The molecule has 1 aromatic carbocycles. The molecular weight excluding hydrogens is 332 g/mol. The lowest BCUT2D eigenvalue weighted by Gasteiger charge is -2.27. The standard InChI is InChI=1S/C16H19ClN4O3/c1-4-16(2,13(22)5-6-18)21-15(23)10-7-11(9-20-24-3)14(19)12(17)8-10/h7-9H,4-5,19H2,1-3H3,(H,21,23). The average molecular weight is 351 g/mol. The molecule has 0 fully saturated rings. The van der Waals surface area contributed by atoms with E-state index in [1.807, 2.05) is 0 Å². The number of carbonyl (C=O) groups excluding carboxylic acids is 2. The molecule has 0 aliphatic carbocycles. The van der Waals surface area contributed by atoms with Crippen molar-refractivity contribution in [1.29, 1.82) is 5.26 Å². The fourth-order valence-electron chi connectivity index (χ4n) is 1.93. The summed E-state index contributed by atoms with van der Waals surface area (Å²) in [6, 6.07) is 4.69. The van der Waals surface area contributed by atoms with Gasteiger partial charge in [0.1, 0.15) is 7.11 Å². The lowest BCUT2D eigenvalue weighted by atomic mass is 9.91. The molecule has 0 radical (unpaired) electrons. The molecule has 8 heteroatoms. The summed E-state index contributed by atoms with van der Waals surface area (Å²) in [4.78, 5) is 29.2. The first kappa shape index (κ1) is 19.5. The molecule has 0 heterocycles. The number of halogens is 1. The van der Waals surface area contributed by atoms with Gasteiger partial charge in [0, 0.05) is 11.1 Å². The van der Waals surface area contributed by atoms with E-state index in [-0.39, 0.29) is 28.5 Å². The molecule has 128 valence electrons. The van der Waals surface area contributed by atoms with Crippen molar-refractivity contribution in [1.82, 2.24) is 5.32 Å². The summed E-state index contributed by atoms with van der Waals surface area (Å²) in [6.07, 6.45) is 1.40. The van der Waals surface area contributed by atoms with E-state index < -0.39 is 11.4 Å². The number of anilines is 1. The van der Waals surface area contributed by atoms with E-state index in [1.165, 1.54) is 25.5 Å². The van der Waals surface area contributed by atoms with Crippen LogP contribution in [0.3, 0.4) is 0 Å². The summed E-state index contributed by atoms with van der Waals surface area (Å²) in [5, 5.41) is 15.1. The highest BCUT2D eigenvalue weighted by atomic mass is 35.5. The van der Waals surface area contributed by atoms with Gasteiger partial charge in [-0.05, 0) is 25.5 Å². The number of nitrogen functional groups attached to an aromatic ring is 1. The largest absolute Gasteiger partial charge is 0.399 e. The molecule has 0 aromatic heterocycles. The van der Waals surface area contributed by atoms with Crippen molar-refractivity contribution >= 4 is 35.2 Å². The van der Waals surface area contributed by atoms with Gasteiger partial charge < -0.3 is 15.9 Å². The SMILES string of the molecule is CCC(C)(NC(=O)c1cc(Cl)c(N)c(C=NOC)c1)C(=O)CC#N. The number of hydrogen-bond donors (Lipinski definition) is 2. The van der Waals surface area contributed by atoms with Gasteiger partial charge in [-0.2, -0.15) is 5.26 Å². The maximum Gasteiger partial charge on any atom is 0.252 e. The molecule has 0 bridgehead atoms. The number of amides is 1. The lowest BCUT2D eigenvalue weighted by molar-refractivity contribution is -0.123. The van der Waals surface area contributed by atoms with Crippen LogP contribution in [0.5, 0.6) is 0 Å². The Morgan fingerprint density at radius 3 is 2.75 bits per heavy atom. The van der Waals surface area contributed by atoms with Crippen LogP contribution in [0.1, 0.15) is 42.6 Å². The number of nitrogens with one attached hydrogen (secondary N) is 1. The molecule has 3 N–H and O–H groups in total. The normalized spacial score (nSPS) is 13.1. The zero-order valence-electron chi connectivity index (χ0n) is 13.7. The first-order valence-electron chi connectivity index (χ1n) is 7.17. The highest BCUT2D eigenvalue weighted by Gasteiger charge is 2.32. The maximum atomic E-state index is 12.5. The second-order valence-electron chi connectivity index (χ2n) is 5.28. The van der Waals surface area contributed by atoms with Gasteiger partial charge in [0.25, 0.3) is 5.91 Å². The summed E-state index contributed by atoms with van der Waals surface area (Å²) >= 11 is 6.04. The smallest absolute Gasteiger partial charge is 0.252 e. The predicted molar refractivity (Wildman–Crippen MR) is 91.9 cm³/mol. The molecule has 1 aromatic rings. The number of oxime groups is 1. The van der Waals surface area contributed by atoms with Crippen molar-refractivity contribution in [2.45, 2.75) is 32.2 Å². The lowest BCUT2D eigenvalue weighted by Crippen LogP contribution is -2.51. The van der Waals surface area contributed by atoms with Crippen molar-refractivity contribution in [2.24, 2.45) is 5.16 Å². The number of ketones is 1. The molecular formula is C16H19ClN4O3. The minimum atomic E-state index is -1.14. The summed E-state index contributed by atoms with van der Waals surface area (Å²) < 4.78 is 0. The third-order valence-corrected chi connectivity index (χ3v) is 3.99. The number of hydrogen-bond acceptors (Lipinski definition) is 6. The first-order chi connectivity index (χ1) is 11.3. The molecule has 1 rings (SSSR count). The zero-order chi connectivity index (χ0) is 18.3. The summed E-state index contributed by atoms with van der Waals surface area (Å²) in [5.41, 5.74) is 5.58. The van der Waals surface area contributed by atoms with Crippen LogP contribution in [0.15, 0.2) is 17.3 Å². The number of benzene rings is 1. The van der Waals surface area contributed by atoms with Gasteiger partial charge in [0.05, 0.1) is 35.0 Å². The Morgan fingerprint density at radius 1 is 1.54 bits per heavy atom. The van der Waals surface area contributed by atoms with E-state index in [2.05, 4.69) is 15.3 Å². The van der Waals surface area contributed by atoms with Crippen LogP contribution in [0, 0.1) is 11.3 Å². The molecule has 1 unspecified atom stereocenters. The Bertz CT molecular complexity index is 712. The number of carbonyl (C=O) groups is 2. The third kappa shape index (κ3) is 4.46. The van der Waals surface area contributed by atoms with Gasteiger partial charge in [-0.15, -0.1) is 0 Å². The van der Waals surface area contributed by atoms with E-state index in [0.29, 0.717) is 12.0 Å². The Kier molecular flexibility index (Phi) is 6.74. The molecule has 24 heavy (non-hydrogen) atoms. The second kappa shape index (κ2) is 8.31. The van der Waals surface area contributed by atoms with Crippen LogP contribution in [0.2, 0.25) is 5.02 Å². The average Bonchev–Trinajstić information content (AvgIpc) is 2.55. The Balaban J connectivity index is 3.15. The zero-order valence-corrected chi connectivity index (χ0v) is 14.5. The van der Waals surface area contributed by atoms with Gasteiger partial charge in [0.15, 0.2) is 5.78 Å². The fraction of sp³-hybridized carbons (Fsp3) is 0.375. The Hall–Kier alpha value is -2.59. The van der Waals surface area contributed by atoms with Crippen LogP contribution < -0.4 is 11.1 Å². The van der Waals surface area contributed by atoms with Crippen molar-refractivity contribution in [2.75, 3.05) is 12.8 Å². The molecule has 0 saturated heterocycles. The second-order valence-corrected chi connectivity index (χ2v) is 5.68. The van der Waals surface area contributed by atoms with Gasteiger partial charge >= 0.3 is 0 Å². The van der Waals surface area contributed by atoms with Crippen LogP contribution in [0.25, 0.3) is 0 Å². The van der Waals surface area contributed by atoms with E-state index in [0.717, 1.165) is 0 Å². The first-order valence-corrected chi connectivity index (χ1v) is 7.55. The van der Waals surface area contributed by atoms with Crippen molar-refractivity contribution in [3.05, 3.63) is 28.3 Å². The topological polar surface area (TPSA) is 118 Å². The van der Waals surface area contributed by atoms with E-state index >= 15 is 0 Å². The van der Waals surface area contributed by atoms with Gasteiger partial charge in [0.2, 0.25) is 0 Å². The Morgan fingerprint density at radius 2 is 2.21 bits per heavy atom. The van der Waals surface area contributed by atoms with Gasteiger partial charge in [-0.1, -0.05) is 23.7 Å². The molecule has 0 saturated carbocycles. The number of nitrogens with zero attached hydrogens (tertiary/aromatic N) is 2. The highest BCUT2D eigenvalue weighted by molar-refractivity contribution is 6.34. The minimum absolute atomic E-state index is 0.182. The monoisotopic (exact) mass is 350 g/mol. The van der Waals surface area contributed by atoms with Crippen LogP contribution >= 0.6 is 11.6 Å². The van der Waals surface area contributed by atoms with Gasteiger partial charge in [-0.25, -0.2) is 0 Å². The minimum Gasteiger partial charge on any atom is -0.399 e. The molecule has 1 atom stereocenters. The van der Waals surface area contributed by atoms with E-state index in [9.17, 15) is 9.59 Å². The molecule has 0 spiro atoms. The quantitative estimate of drug-likeness (QED) is 0.444. The number of nitriles is 1. The Labute approximate surface area is 145 Å². The van der Waals surface area contributed by atoms with Crippen LogP contribution in [-0.4, -0.2) is 30.6 Å². The summed E-state index contributed by atoms with van der Waals surface area (Å²) in [6.45, 7) is 3.33. The molecule has 7 nitrogen and oxygen atoms in total. The highest BCUT2D eigenvalue weighted by Crippen LogP contribution is 2.25. The van der Waals surface area contributed by atoms with Crippen molar-refractivity contribution in [3.63, 3.8) is 0 Å². The molecule has 0 aliphatic heterocycles. The molecule has 0 aliphatic rings. The van der Waals surface area contributed by atoms with Gasteiger partial charge in [-0.3, -0.25) is 9.59 Å². The van der Waals surface area contributed by atoms with E-state index in [1.54, 1.807) is 19.9 Å². The molecule has 1 amide bonds. The van der Waals surface area contributed by atoms with Crippen molar-refractivity contribution in [3.8, 4) is 6.07 Å². The van der Waals surface area contributed by atoms with E-state index in [4.69, 9.17) is 22.6 Å². The number of Topliss-reactive ketones (excluding diaryl/α,β-unsaturated/α-hetero) is 1. The maximum absolute atomic E-state index is 12.5. The predicted octanol–water partition coefficient (Wildman–Crippen LogP) is 2.28. The fourth-order valence-corrected chi connectivity index (χ4v) is 2.16. The number of rotatable bonds is 7. The summed E-state index contributed by atoms with van der Waals surface area (Å²) in [7, 11) is 1.37. The van der Waals surface area contributed by atoms with Crippen LogP contribution in [0.4, 0.5) is 5.69 Å². The third-order valence-electron chi connectivity index (χ3n) is 3.67. The van der Waals surface area contributed by atoms with Crippen LogP contribution in [-0.2, 0) is 9.63 Å².